The molecule has 1 aliphatic heterocycles. The molecule has 0 saturated heterocycles. The van der Waals surface area contributed by atoms with Gasteiger partial charge in [-0.1, -0.05) is 0 Å². The van der Waals surface area contributed by atoms with Crippen LogP contribution >= 0.6 is 0 Å². The van der Waals surface area contributed by atoms with Crippen molar-refractivity contribution in [3.8, 4) is 11.6 Å². The highest BCUT2D eigenvalue weighted by Crippen LogP contribution is 2.21. The summed E-state index contributed by atoms with van der Waals surface area (Å²) in [7, 11) is 0. The smallest absolute Gasteiger partial charge is 0.256 e. The normalized spacial score (nSPS) is 14.6. The summed E-state index contributed by atoms with van der Waals surface area (Å²) in [4.78, 5) is 31.1. The van der Waals surface area contributed by atoms with E-state index in [9.17, 15) is 4.79 Å². The fourth-order valence-corrected chi connectivity index (χ4v) is 3.59. The molecule has 0 spiro atoms. The van der Waals surface area contributed by atoms with Crippen molar-refractivity contribution >= 4 is 5.78 Å². The number of hydrogen-bond acceptors (Lipinski definition) is 6. The third kappa shape index (κ3) is 2.74. The van der Waals surface area contributed by atoms with Gasteiger partial charge in [0.15, 0.2) is 11.6 Å². The van der Waals surface area contributed by atoms with Gasteiger partial charge in [-0.05, 0) is 25.1 Å². The number of nitrogens with zero attached hydrogens (tertiary/aromatic N) is 5. The zero-order valence-corrected chi connectivity index (χ0v) is 14.8. The molecule has 8 nitrogen and oxygen atoms in total. The third-order valence-electron chi connectivity index (χ3n) is 4.98. The summed E-state index contributed by atoms with van der Waals surface area (Å²) in [6, 6.07) is 5.47. The van der Waals surface area contributed by atoms with Gasteiger partial charge in [-0.15, -0.1) is 0 Å². The maximum absolute atomic E-state index is 12.6. The fraction of sp³-hybridized carbons (Fsp3) is 0.263. The van der Waals surface area contributed by atoms with Gasteiger partial charge in [0.2, 0.25) is 5.78 Å². The summed E-state index contributed by atoms with van der Waals surface area (Å²) < 4.78 is 7.36. The Labute approximate surface area is 154 Å². The largest absolute Gasteiger partial charge is 0.461 e. The number of aromatic nitrogens is 5. The first-order valence-electron chi connectivity index (χ1n) is 8.86. The van der Waals surface area contributed by atoms with Crippen LogP contribution in [-0.4, -0.2) is 35.8 Å². The summed E-state index contributed by atoms with van der Waals surface area (Å²) in [5.41, 5.74) is 3.52. The van der Waals surface area contributed by atoms with Gasteiger partial charge in [0.25, 0.3) is 5.56 Å². The summed E-state index contributed by atoms with van der Waals surface area (Å²) in [5, 5.41) is 0. The highest BCUT2D eigenvalue weighted by Gasteiger charge is 2.23. The average molecular weight is 362 g/mol. The predicted octanol–water partition coefficient (Wildman–Crippen LogP) is 1.94. The average Bonchev–Trinajstić information content (AvgIpc) is 3.31. The van der Waals surface area contributed by atoms with Crippen LogP contribution in [0.4, 0.5) is 0 Å². The van der Waals surface area contributed by atoms with Crippen LogP contribution in [0, 0.1) is 6.92 Å². The van der Waals surface area contributed by atoms with E-state index in [1.807, 2.05) is 23.6 Å². The van der Waals surface area contributed by atoms with Crippen molar-refractivity contribution in [3.05, 3.63) is 69.9 Å². The minimum absolute atomic E-state index is 0.104. The number of furan rings is 1. The molecule has 27 heavy (non-hydrogen) atoms. The molecule has 0 atom stereocenters. The minimum atomic E-state index is -0.104. The van der Waals surface area contributed by atoms with Crippen LogP contribution in [0.25, 0.3) is 17.4 Å². The SMILES string of the molecule is Cc1nc2ncccn2c1CN1CCc2nc(-c3ccco3)[nH]c(=O)c2C1. The van der Waals surface area contributed by atoms with Crippen molar-refractivity contribution in [2.24, 2.45) is 0 Å². The lowest BCUT2D eigenvalue weighted by molar-refractivity contribution is 0.238. The zero-order valence-electron chi connectivity index (χ0n) is 14.8. The maximum atomic E-state index is 12.6. The highest BCUT2D eigenvalue weighted by molar-refractivity contribution is 5.47. The fourth-order valence-electron chi connectivity index (χ4n) is 3.59. The van der Waals surface area contributed by atoms with E-state index in [-0.39, 0.29) is 5.56 Å². The molecule has 4 aromatic rings. The second-order valence-corrected chi connectivity index (χ2v) is 6.71. The standard InChI is InChI=1S/C19H18N6O2/c1-12-15(25-7-3-6-20-19(25)21-12)11-24-8-5-14-13(10-24)18(26)23-17(22-14)16-4-2-9-27-16/h2-4,6-7,9H,5,8,10-11H2,1H3,(H,22,23,26). The molecule has 5 heterocycles. The van der Waals surface area contributed by atoms with E-state index >= 15 is 0 Å². The third-order valence-corrected chi connectivity index (χ3v) is 4.98. The van der Waals surface area contributed by atoms with Crippen LogP contribution in [0.3, 0.4) is 0 Å². The number of nitrogens with one attached hydrogen (secondary N) is 1. The van der Waals surface area contributed by atoms with Gasteiger partial charge < -0.3 is 9.40 Å². The number of rotatable bonds is 3. The molecular formula is C19H18N6O2. The van der Waals surface area contributed by atoms with Crippen LogP contribution < -0.4 is 5.56 Å². The number of aryl methyl sites for hydroxylation is 1. The van der Waals surface area contributed by atoms with E-state index in [4.69, 9.17) is 4.42 Å². The highest BCUT2D eigenvalue weighted by atomic mass is 16.3. The molecule has 0 amide bonds. The lowest BCUT2D eigenvalue weighted by atomic mass is 10.1. The minimum Gasteiger partial charge on any atom is -0.461 e. The van der Waals surface area contributed by atoms with Gasteiger partial charge in [0.1, 0.15) is 0 Å². The lowest BCUT2D eigenvalue weighted by Crippen LogP contribution is -2.35. The molecule has 0 aliphatic carbocycles. The van der Waals surface area contributed by atoms with E-state index in [1.165, 1.54) is 0 Å². The molecule has 0 fully saturated rings. The zero-order chi connectivity index (χ0) is 18.4. The molecule has 8 heteroatoms. The van der Waals surface area contributed by atoms with Crippen LogP contribution in [0.15, 0.2) is 46.1 Å². The van der Waals surface area contributed by atoms with E-state index in [0.29, 0.717) is 30.5 Å². The Morgan fingerprint density at radius 2 is 2.22 bits per heavy atom. The van der Waals surface area contributed by atoms with Crippen molar-refractivity contribution in [1.29, 1.82) is 0 Å². The maximum Gasteiger partial charge on any atom is 0.256 e. The number of fused-ring (bicyclic) bond motifs is 2. The van der Waals surface area contributed by atoms with Gasteiger partial charge in [-0.25, -0.2) is 15.0 Å². The first-order chi connectivity index (χ1) is 13.2. The van der Waals surface area contributed by atoms with Crippen LogP contribution in [0.5, 0.6) is 0 Å². The van der Waals surface area contributed by atoms with E-state index < -0.39 is 0 Å². The second kappa shape index (κ2) is 6.17. The Morgan fingerprint density at radius 3 is 3.07 bits per heavy atom. The monoisotopic (exact) mass is 362 g/mol. The van der Waals surface area contributed by atoms with E-state index in [0.717, 1.165) is 35.6 Å². The van der Waals surface area contributed by atoms with Crippen LogP contribution in [-0.2, 0) is 19.5 Å². The molecule has 4 aromatic heterocycles. The molecule has 0 unspecified atom stereocenters. The number of hydrogen-bond donors (Lipinski definition) is 1. The summed E-state index contributed by atoms with van der Waals surface area (Å²) in [6.45, 7) is 4.08. The summed E-state index contributed by atoms with van der Waals surface area (Å²) in [6.07, 6.45) is 6.01. The molecular weight excluding hydrogens is 344 g/mol. The second-order valence-electron chi connectivity index (χ2n) is 6.71. The number of aromatic amines is 1. The van der Waals surface area contributed by atoms with Gasteiger partial charge in [0, 0.05) is 38.4 Å². The van der Waals surface area contributed by atoms with E-state index in [1.54, 1.807) is 24.6 Å². The first-order valence-corrected chi connectivity index (χ1v) is 8.86. The Hall–Kier alpha value is -3.26. The Kier molecular flexibility index (Phi) is 3.64. The molecule has 136 valence electrons. The Morgan fingerprint density at radius 1 is 1.30 bits per heavy atom. The quantitative estimate of drug-likeness (QED) is 0.599. The molecule has 0 saturated carbocycles. The molecule has 1 aliphatic rings. The van der Waals surface area contributed by atoms with Crippen molar-refractivity contribution in [2.45, 2.75) is 26.4 Å². The lowest BCUT2D eigenvalue weighted by Gasteiger charge is -2.27. The van der Waals surface area contributed by atoms with Crippen LogP contribution in [0.2, 0.25) is 0 Å². The Balaban J connectivity index is 1.44. The number of H-pyrrole nitrogens is 1. The molecule has 1 N–H and O–H groups in total. The van der Waals surface area contributed by atoms with Crippen molar-refractivity contribution < 1.29 is 4.42 Å². The first kappa shape index (κ1) is 16.0. The van der Waals surface area contributed by atoms with Gasteiger partial charge >= 0.3 is 0 Å². The molecule has 5 rings (SSSR count). The Bertz CT molecular complexity index is 1170. The molecule has 0 bridgehead atoms. The van der Waals surface area contributed by atoms with Crippen molar-refractivity contribution in [3.63, 3.8) is 0 Å². The molecule has 0 aromatic carbocycles. The van der Waals surface area contributed by atoms with Gasteiger partial charge in [-0.2, -0.15) is 0 Å². The van der Waals surface area contributed by atoms with Crippen LogP contribution in [0.1, 0.15) is 22.6 Å². The number of imidazole rings is 1. The molecule has 0 radical (unpaired) electrons. The topological polar surface area (TPSA) is 92.3 Å². The summed E-state index contributed by atoms with van der Waals surface area (Å²) in [5.74, 6) is 1.76. The summed E-state index contributed by atoms with van der Waals surface area (Å²) >= 11 is 0. The van der Waals surface area contributed by atoms with Crippen molar-refractivity contribution in [1.82, 2.24) is 29.2 Å². The van der Waals surface area contributed by atoms with Gasteiger partial charge in [0.05, 0.1) is 28.9 Å². The van der Waals surface area contributed by atoms with Crippen molar-refractivity contribution in [2.75, 3.05) is 6.54 Å². The predicted molar refractivity (Wildman–Crippen MR) is 98.1 cm³/mol. The van der Waals surface area contributed by atoms with E-state index in [2.05, 4.69) is 24.8 Å². The van der Waals surface area contributed by atoms with Gasteiger partial charge in [-0.3, -0.25) is 14.1 Å².